The molecule has 0 N–H and O–H groups in total. The molecule has 0 heterocycles. The van der Waals surface area contributed by atoms with Crippen molar-refractivity contribution in [2.24, 2.45) is 4.99 Å². The summed E-state index contributed by atoms with van der Waals surface area (Å²) in [5.74, 6) is 1.01. The van der Waals surface area contributed by atoms with E-state index in [-0.39, 0.29) is 24.0 Å². The smallest absolute Gasteiger partial charge is 0.195 e. The lowest BCUT2D eigenvalue weighted by Crippen LogP contribution is -2.35. The van der Waals surface area contributed by atoms with Gasteiger partial charge in [-0.2, -0.15) is 0 Å². The number of hydrogen-bond donors (Lipinski definition) is 0. The molecule has 0 aliphatic rings. The number of aryl methyl sites for hydroxylation is 1. The minimum Gasteiger partial charge on any atom is -0.349 e. The summed E-state index contributed by atoms with van der Waals surface area (Å²) >= 11 is 0. The summed E-state index contributed by atoms with van der Waals surface area (Å²) in [6.07, 6.45) is 2.10. The molecule has 108 valence electrons. The largest absolute Gasteiger partial charge is 0.349 e. The molecule has 0 saturated carbocycles. The van der Waals surface area contributed by atoms with Crippen LogP contribution in [0.2, 0.25) is 0 Å². The van der Waals surface area contributed by atoms with Crippen LogP contribution in [0.4, 0.5) is 0 Å². The summed E-state index contributed by atoms with van der Waals surface area (Å²) in [4.78, 5) is 8.71. The maximum Gasteiger partial charge on any atom is 0.195 e. The van der Waals surface area contributed by atoms with Crippen molar-refractivity contribution >= 4 is 29.9 Å². The Morgan fingerprint density at radius 1 is 0.947 bits per heavy atom. The van der Waals surface area contributed by atoms with Crippen LogP contribution >= 0.6 is 24.0 Å². The minimum absolute atomic E-state index is 0. The summed E-state index contributed by atoms with van der Waals surface area (Å²) in [7, 11) is 8.09. The topological polar surface area (TPSA) is 18.8 Å². The Morgan fingerprint density at radius 3 is 1.84 bits per heavy atom. The first kappa shape index (κ1) is 18.2. The van der Waals surface area contributed by atoms with Crippen molar-refractivity contribution < 1.29 is 0 Å². The Balaban J connectivity index is 0.00000324. The highest BCUT2D eigenvalue weighted by Gasteiger charge is 2.03. The number of hydrogen-bond acceptors (Lipinski definition) is 1. The van der Waals surface area contributed by atoms with Crippen molar-refractivity contribution in [3.63, 3.8) is 0 Å². The van der Waals surface area contributed by atoms with Crippen LogP contribution in [0.1, 0.15) is 18.1 Å². The van der Waals surface area contributed by atoms with E-state index in [0.29, 0.717) is 0 Å². The molecule has 0 aliphatic heterocycles. The van der Waals surface area contributed by atoms with Gasteiger partial charge in [-0.05, 0) is 24.0 Å². The van der Waals surface area contributed by atoms with Crippen molar-refractivity contribution in [2.45, 2.75) is 19.8 Å². The van der Waals surface area contributed by atoms with E-state index in [9.17, 15) is 0 Å². The number of nitrogens with zero attached hydrogens (tertiary/aromatic N) is 3. The molecule has 4 heteroatoms. The van der Waals surface area contributed by atoms with E-state index in [1.807, 2.05) is 38.0 Å². The molecule has 1 aromatic carbocycles. The van der Waals surface area contributed by atoms with Gasteiger partial charge in [0.2, 0.25) is 0 Å². The standard InChI is InChI=1S/C15H25N3.HI/c1-6-13-7-9-14(10-8-13)11-12-16-15(17(2)3)18(4)5;/h7-10H,6,11-12H2,1-5H3;1H. The normalized spacial score (nSPS) is 9.53. The molecule has 0 unspecified atom stereocenters. The first-order valence-corrected chi connectivity index (χ1v) is 6.51. The van der Waals surface area contributed by atoms with Gasteiger partial charge < -0.3 is 9.80 Å². The monoisotopic (exact) mass is 375 g/mol. The molecule has 1 aromatic rings. The second kappa shape index (κ2) is 9.18. The predicted octanol–water partition coefficient (Wildman–Crippen LogP) is 2.89. The van der Waals surface area contributed by atoms with E-state index in [0.717, 1.165) is 25.3 Å². The molecule has 0 fully saturated rings. The van der Waals surface area contributed by atoms with Crippen LogP contribution < -0.4 is 0 Å². The highest BCUT2D eigenvalue weighted by atomic mass is 127. The highest BCUT2D eigenvalue weighted by Crippen LogP contribution is 2.06. The summed E-state index contributed by atoms with van der Waals surface area (Å²) in [5.41, 5.74) is 2.75. The maximum atomic E-state index is 4.63. The Hall–Kier alpha value is -0.780. The van der Waals surface area contributed by atoms with Crippen molar-refractivity contribution in [1.29, 1.82) is 0 Å². The van der Waals surface area contributed by atoms with Gasteiger partial charge in [-0.15, -0.1) is 24.0 Å². The number of guanidine groups is 1. The lowest BCUT2D eigenvalue weighted by molar-refractivity contribution is 0.479. The molecule has 0 amide bonds. The van der Waals surface area contributed by atoms with Crippen LogP contribution in [0, 0.1) is 0 Å². The van der Waals surface area contributed by atoms with Gasteiger partial charge in [-0.25, -0.2) is 0 Å². The van der Waals surface area contributed by atoms with Gasteiger partial charge in [0, 0.05) is 34.7 Å². The Morgan fingerprint density at radius 2 is 1.42 bits per heavy atom. The first-order chi connectivity index (χ1) is 8.54. The van der Waals surface area contributed by atoms with E-state index in [1.165, 1.54) is 11.1 Å². The van der Waals surface area contributed by atoms with Gasteiger partial charge in [0.1, 0.15) is 0 Å². The summed E-state index contributed by atoms with van der Waals surface area (Å²) in [6.45, 7) is 3.01. The fourth-order valence-electron chi connectivity index (χ4n) is 1.91. The predicted molar refractivity (Wildman–Crippen MR) is 94.6 cm³/mol. The fourth-order valence-corrected chi connectivity index (χ4v) is 1.91. The highest BCUT2D eigenvalue weighted by molar-refractivity contribution is 14.0. The van der Waals surface area contributed by atoms with Crippen molar-refractivity contribution in [2.75, 3.05) is 34.7 Å². The molecule has 0 atom stereocenters. The molecular weight excluding hydrogens is 349 g/mol. The molecule has 0 aliphatic carbocycles. The van der Waals surface area contributed by atoms with E-state index in [4.69, 9.17) is 0 Å². The molecule has 1 rings (SSSR count). The first-order valence-electron chi connectivity index (χ1n) is 6.51. The van der Waals surface area contributed by atoms with E-state index < -0.39 is 0 Å². The average molecular weight is 375 g/mol. The zero-order chi connectivity index (χ0) is 13.5. The Kier molecular flexibility index (Phi) is 8.80. The number of rotatable bonds is 4. The second-order valence-corrected chi connectivity index (χ2v) is 4.89. The Bertz CT molecular complexity index is 373. The third kappa shape index (κ3) is 6.27. The van der Waals surface area contributed by atoms with Crippen molar-refractivity contribution in [3.05, 3.63) is 35.4 Å². The van der Waals surface area contributed by atoms with Gasteiger partial charge in [-0.3, -0.25) is 4.99 Å². The van der Waals surface area contributed by atoms with E-state index >= 15 is 0 Å². The van der Waals surface area contributed by atoms with Crippen LogP contribution in [0.25, 0.3) is 0 Å². The van der Waals surface area contributed by atoms with Crippen LogP contribution in [0.3, 0.4) is 0 Å². The number of benzene rings is 1. The molecule has 0 spiro atoms. The lowest BCUT2D eigenvalue weighted by atomic mass is 10.1. The van der Waals surface area contributed by atoms with Crippen molar-refractivity contribution in [3.8, 4) is 0 Å². The SMILES string of the molecule is CCc1ccc(CCN=C(N(C)C)N(C)C)cc1.I. The minimum atomic E-state index is 0. The summed E-state index contributed by atoms with van der Waals surface area (Å²) in [5, 5.41) is 0. The zero-order valence-electron chi connectivity index (χ0n) is 12.7. The Labute approximate surface area is 134 Å². The number of halogens is 1. The molecule has 19 heavy (non-hydrogen) atoms. The molecular formula is C15H26IN3. The fraction of sp³-hybridized carbons (Fsp3) is 0.533. The third-order valence-electron chi connectivity index (χ3n) is 2.88. The third-order valence-corrected chi connectivity index (χ3v) is 2.88. The molecule has 0 aromatic heterocycles. The van der Waals surface area contributed by atoms with Gasteiger partial charge in [0.15, 0.2) is 5.96 Å². The van der Waals surface area contributed by atoms with Crippen LogP contribution in [0.5, 0.6) is 0 Å². The van der Waals surface area contributed by atoms with Gasteiger partial charge >= 0.3 is 0 Å². The molecule has 0 saturated heterocycles. The van der Waals surface area contributed by atoms with Gasteiger partial charge in [-0.1, -0.05) is 31.2 Å². The molecule has 3 nitrogen and oxygen atoms in total. The number of aliphatic imine (C=N–C) groups is 1. The summed E-state index contributed by atoms with van der Waals surface area (Å²) < 4.78 is 0. The van der Waals surface area contributed by atoms with Crippen LogP contribution in [-0.4, -0.2) is 50.5 Å². The second-order valence-electron chi connectivity index (χ2n) is 4.89. The van der Waals surface area contributed by atoms with Crippen molar-refractivity contribution in [1.82, 2.24) is 9.80 Å². The maximum absolute atomic E-state index is 4.63. The lowest BCUT2D eigenvalue weighted by Gasteiger charge is -2.22. The quantitative estimate of drug-likeness (QED) is 0.458. The van der Waals surface area contributed by atoms with Crippen LogP contribution in [-0.2, 0) is 12.8 Å². The van der Waals surface area contributed by atoms with Crippen LogP contribution in [0.15, 0.2) is 29.3 Å². The molecule has 0 radical (unpaired) electrons. The summed E-state index contributed by atoms with van der Waals surface area (Å²) in [6, 6.07) is 8.83. The van der Waals surface area contributed by atoms with E-state index in [1.54, 1.807) is 0 Å². The van der Waals surface area contributed by atoms with Gasteiger partial charge in [0.25, 0.3) is 0 Å². The van der Waals surface area contributed by atoms with E-state index in [2.05, 4.69) is 36.2 Å². The zero-order valence-corrected chi connectivity index (χ0v) is 15.0. The molecule has 0 bridgehead atoms. The average Bonchev–Trinajstić information content (AvgIpc) is 2.34. The van der Waals surface area contributed by atoms with Gasteiger partial charge in [0.05, 0.1) is 0 Å².